The van der Waals surface area contributed by atoms with E-state index in [9.17, 15) is 0 Å². The smallest absolute Gasteiger partial charge is 0.0412 e. The lowest BCUT2D eigenvalue weighted by Crippen LogP contribution is -2.07. The highest BCUT2D eigenvalue weighted by atomic mass is 14.2. The fraction of sp³-hybridized carbons (Fsp3) is 1.00. The number of hydrogen-bond acceptors (Lipinski definition) is 0. The first-order valence-electron chi connectivity index (χ1n) is 8.33. The topological polar surface area (TPSA) is 0 Å². The van der Waals surface area contributed by atoms with Gasteiger partial charge in [-0.3, -0.25) is 0 Å². The molecule has 0 N–H and O–H groups in total. The van der Waals surface area contributed by atoms with Crippen molar-refractivity contribution in [1.82, 2.24) is 0 Å². The molecular formula is C17H34. The highest BCUT2D eigenvalue weighted by Crippen LogP contribution is 2.27. The van der Waals surface area contributed by atoms with Crippen molar-refractivity contribution >= 4 is 0 Å². The molecule has 1 unspecified atom stereocenters. The van der Waals surface area contributed by atoms with Crippen LogP contribution in [0.1, 0.15) is 97.3 Å². The minimum Gasteiger partial charge on any atom is -0.0651 e. The monoisotopic (exact) mass is 238 g/mol. The molecule has 17 heavy (non-hydrogen) atoms. The molecule has 0 radical (unpaired) electrons. The fourth-order valence-corrected chi connectivity index (χ4v) is 3.22. The summed E-state index contributed by atoms with van der Waals surface area (Å²) in [5, 5.41) is 0. The van der Waals surface area contributed by atoms with E-state index in [2.05, 4.69) is 13.8 Å². The summed E-state index contributed by atoms with van der Waals surface area (Å²) in [7, 11) is 0. The van der Waals surface area contributed by atoms with Crippen molar-refractivity contribution in [2.24, 2.45) is 11.8 Å². The van der Waals surface area contributed by atoms with Crippen LogP contribution in [0.2, 0.25) is 0 Å². The molecule has 1 saturated carbocycles. The van der Waals surface area contributed by atoms with Gasteiger partial charge in [0, 0.05) is 0 Å². The molecule has 0 spiro atoms. The molecule has 0 aromatic carbocycles. The summed E-state index contributed by atoms with van der Waals surface area (Å²) in [6, 6.07) is 0. The second-order valence-corrected chi connectivity index (χ2v) is 6.37. The Morgan fingerprint density at radius 3 is 1.59 bits per heavy atom. The van der Waals surface area contributed by atoms with Crippen molar-refractivity contribution in [2.75, 3.05) is 0 Å². The molecule has 0 aliphatic heterocycles. The molecule has 0 heteroatoms. The Morgan fingerprint density at radius 1 is 0.765 bits per heavy atom. The van der Waals surface area contributed by atoms with Gasteiger partial charge in [-0.1, -0.05) is 90.9 Å². The molecule has 1 atom stereocenters. The average molecular weight is 238 g/mol. The van der Waals surface area contributed by atoms with Crippen LogP contribution in [-0.4, -0.2) is 0 Å². The van der Waals surface area contributed by atoms with E-state index in [1.165, 1.54) is 83.5 Å². The third kappa shape index (κ3) is 7.84. The quantitative estimate of drug-likeness (QED) is 0.538. The highest BCUT2D eigenvalue weighted by molar-refractivity contribution is 4.65. The van der Waals surface area contributed by atoms with Crippen LogP contribution in [0.4, 0.5) is 0 Å². The first-order chi connectivity index (χ1) is 8.33. The Hall–Kier alpha value is 0. The van der Waals surface area contributed by atoms with E-state index >= 15 is 0 Å². The van der Waals surface area contributed by atoms with Crippen LogP contribution < -0.4 is 0 Å². The molecular weight excluding hydrogens is 204 g/mol. The Morgan fingerprint density at radius 2 is 1.18 bits per heavy atom. The molecule has 1 aliphatic carbocycles. The molecule has 0 amide bonds. The SMILES string of the molecule is CCC(C)CC1CCCCCCCCCCC1. The zero-order chi connectivity index (χ0) is 12.3. The van der Waals surface area contributed by atoms with E-state index in [1.807, 2.05) is 0 Å². The summed E-state index contributed by atoms with van der Waals surface area (Å²) in [5.74, 6) is 2.00. The van der Waals surface area contributed by atoms with Gasteiger partial charge in [-0.15, -0.1) is 0 Å². The van der Waals surface area contributed by atoms with Gasteiger partial charge < -0.3 is 0 Å². The van der Waals surface area contributed by atoms with Crippen LogP contribution in [0, 0.1) is 11.8 Å². The number of rotatable bonds is 3. The van der Waals surface area contributed by atoms with Crippen molar-refractivity contribution in [3.63, 3.8) is 0 Å². The van der Waals surface area contributed by atoms with Gasteiger partial charge in [0.25, 0.3) is 0 Å². The Labute approximate surface area is 110 Å². The molecule has 0 bridgehead atoms. The second-order valence-electron chi connectivity index (χ2n) is 6.37. The maximum Gasteiger partial charge on any atom is -0.0412 e. The zero-order valence-corrected chi connectivity index (χ0v) is 12.3. The molecule has 0 saturated heterocycles. The summed E-state index contributed by atoms with van der Waals surface area (Å²) < 4.78 is 0. The number of hydrogen-bond donors (Lipinski definition) is 0. The van der Waals surface area contributed by atoms with E-state index in [-0.39, 0.29) is 0 Å². The van der Waals surface area contributed by atoms with Crippen molar-refractivity contribution in [2.45, 2.75) is 97.3 Å². The Balaban J connectivity index is 2.26. The van der Waals surface area contributed by atoms with E-state index in [4.69, 9.17) is 0 Å². The predicted octanol–water partition coefficient (Wildman–Crippen LogP) is 6.34. The van der Waals surface area contributed by atoms with Gasteiger partial charge in [-0.2, -0.15) is 0 Å². The van der Waals surface area contributed by atoms with Gasteiger partial charge in [-0.25, -0.2) is 0 Å². The van der Waals surface area contributed by atoms with Gasteiger partial charge in [0.1, 0.15) is 0 Å². The summed E-state index contributed by atoms with van der Waals surface area (Å²) in [6.07, 6.45) is 19.4. The zero-order valence-electron chi connectivity index (χ0n) is 12.3. The van der Waals surface area contributed by atoms with Crippen molar-refractivity contribution in [3.8, 4) is 0 Å². The molecule has 0 aromatic rings. The Kier molecular flexibility index (Phi) is 8.83. The van der Waals surface area contributed by atoms with E-state index in [1.54, 1.807) is 0 Å². The van der Waals surface area contributed by atoms with E-state index in [0.717, 1.165) is 11.8 Å². The molecule has 0 nitrogen and oxygen atoms in total. The summed E-state index contributed by atoms with van der Waals surface area (Å²) in [5.41, 5.74) is 0. The van der Waals surface area contributed by atoms with Gasteiger partial charge in [0.2, 0.25) is 0 Å². The fourth-order valence-electron chi connectivity index (χ4n) is 3.22. The third-order valence-electron chi connectivity index (χ3n) is 4.66. The highest BCUT2D eigenvalue weighted by Gasteiger charge is 2.12. The average Bonchev–Trinajstić information content (AvgIpc) is 2.32. The van der Waals surface area contributed by atoms with Crippen LogP contribution in [0.15, 0.2) is 0 Å². The van der Waals surface area contributed by atoms with Crippen LogP contribution in [-0.2, 0) is 0 Å². The maximum absolute atomic E-state index is 2.44. The Bertz CT molecular complexity index is 149. The largest absolute Gasteiger partial charge is 0.0651 e. The van der Waals surface area contributed by atoms with Crippen LogP contribution in [0.3, 0.4) is 0 Å². The summed E-state index contributed by atoms with van der Waals surface area (Å²) in [4.78, 5) is 0. The predicted molar refractivity (Wildman–Crippen MR) is 78.3 cm³/mol. The van der Waals surface area contributed by atoms with Crippen molar-refractivity contribution < 1.29 is 0 Å². The molecule has 1 rings (SSSR count). The van der Waals surface area contributed by atoms with E-state index < -0.39 is 0 Å². The molecule has 0 aromatic heterocycles. The van der Waals surface area contributed by atoms with Crippen molar-refractivity contribution in [3.05, 3.63) is 0 Å². The van der Waals surface area contributed by atoms with E-state index in [0.29, 0.717) is 0 Å². The lowest BCUT2D eigenvalue weighted by atomic mass is 9.85. The van der Waals surface area contributed by atoms with Gasteiger partial charge in [-0.05, 0) is 18.3 Å². The second kappa shape index (κ2) is 9.97. The lowest BCUT2D eigenvalue weighted by molar-refractivity contribution is 0.320. The summed E-state index contributed by atoms with van der Waals surface area (Å²) >= 11 is 0. The third-order valence-corrected chi connectivity index (χ3v) is 4.66. The minimum absolute atomic E-state index is 0.952. The lowest BCUT2D eigenvalue weighted by Gasteiger charge is -2.21. The van der Waals surface area contributed by atoms with Crippen molar-refractivity contribution in [1.29, 1.82) is 0 Å². The molecule has 0 heterocycles. The van der Waals surface area contributed by atoms with Gasteiger partial charge in [0.05, 0.1) is 0 Å². The first kappa shape index (κ1) is 15.1. The molecule has 1 fully saturated rings. The minimum atomic E-state index is 0.952. The molecule has 102 valence electrons. The van der Waals surface area contributed by atoms with Gasteiger partial charge >= 0.3 is 0 Å². The normalized spacial score (nSPS) is 23.6. The molecule has 1 aliphatic rings. The van der Waals surface area contributed by atoms with Crippen LogP contribution in [0.25, 0.3) is 0 Å². The van der Waals surface area contributed by atoms with Crippen LogP contribution in [0.5, 0.6) is 0 Å². The first-order valence-corrected chi connectivity index (χ1v) is 8.33. The summed E-state index contributed by atoms with van der Waals surface area (Å²) in [6.45, 7) is 4.79. The van der Waals surface area contributed by atoms with Crippen LogP contribution >= 0.6 is 0 Å². The maximum atomic E-state index is 2.44. The van der Waals surface area contributed by atoms with Gasteiger partial charge in [0.15, 0.2) is 0 Å². The standard InChI is InChI=1S/C17H34/c1-3-16(2)15-17-13-11-9-7-5-4-6-8-10-12-14-17/h16-17H,3-15H2,1-2H3.